The third kappa shape index (κ3) is 4.31. The highest BCUT2D eigenvalue weighted by atomic mass is 32.1. The maximum atomic E-state index is 11.3. The second kappa shape index (κ2) is 10.9. The Morgan fingerprint density at radius 3 is 2.81 bits per heavy atom. The third-order valence-corrected chi connectivity index (χ3v) is 13.1. The highest BCUT2D eigenvalue weighted by molar-refractivity contribution is 7.16. The van der Waals surface area contributed by atoms with Gasteiger partial charge in [-0.3, -0.25) is 4.90 Å². The van der Waals surface area contributed by atoms with Crippen molar-refractivity contribution >= 4 is 33.2 Å². The third-order valence-electron chi connectivity index (χ3n) is 12.0. The molecule has 13 heteroatoms. The summed E-state index contributed by atoms with van der Waals surface area (Å²) in [7, 11) is 0. The van der Waals surface area contributed by atoms with E-state index in [0.717, 1.165) is 98.2 Å². The van der Waals surface area contributed by atoms with Gasteiger partial charge in [-0.25, -0.2) is 14.6 Å². The molecule has 0 aromatic carbocycles. The van der Waals surface area contributed by atoms with E-state index in [1.165, 1.54) is 11.3 Å². The molecule has 5 atom stereocenters. The van der Waals surface area contributed by atoms with E-state index in [0.29, 0.717) is 53.6 Å². The Balaban J connectivity index is 1.24. The number of likely N-dealkylation sites (N-methyl/N-ethyl adjacent to an activating group) is 1. The molecule has 4 aromatic rings. The van der Waals surface area contributed by atoms with Crippen LogP contribution in [-0.2, 0) is 18.3 Å². The molecule has 4 aromatic heterocycles. The second-order valence-electron chi connectivity index (χ2n) is 14.9. The van der Waals surface area contributed by atoms with Crippen LogP contribution in [-0.4, -0.2) is 78.8 Å². The zero-order chi connectivity index (χ0) is 32.9. The number of nitrogens with zero attached hydrogens (tertiary/aromatic N) is 8. The number of nitriles is 1. The van der Waals surface area contributed by atoms with Gasteiger partial charge in [0, 0.05) is 23.0 Å². The molecule has 0 bridgehead atoms. The predicted molar refractivity (Wildman–Crippen MR) is 182 cm³/mol. The summed E-state index contributed by atoms with van der Waals surface area (Å²) >= 11 is 1.55. The molecule has 9 rings (SSSR count). The second-order valence-corrected chi connectivity index (χ2v) is 16.0. The van der Waals surface area contributed by atoms with Crippen molar-refractivity contribution in [3.8, 4) is 23.5 Å². The summed E-state index contributed by atoms with van der Waals surface area (Å²) in [5.74, 6) is 2.64. The van der Waals surface area contributed by atoms with E-state index in [-0.39, 0.29) is 12.1 Å². The zero-order valence-electron chi connectivity index (χ0n) is 28.0. The van der Waals surface area contributed by atoms with Crippen LogP contribution in [0.4, 0.5) is 10.8 Å². The van der Waals surface area contributed by atoms with Crippen molar-refractivity contribution in [2.75, 3.05) is 36.9 Å². The fourth-order valence-electron chi connectivity index (χ4n) is 9.66. The highest BCUT2D eigenvalue weighted by Crippen LogP contribution is 2.55. The number of fused-ring (bicyclic) bond motifs is 6. The predicted octanol–water partition coefficient (Wildman–Crippen LogP) is 5.11. The van der Waals surface area contributed by atoms with Gasteiger partial charge >= 0.3 is 0 Å². The number of aromatic nitrogens is 5. The van der Waals surface area contributed by atoms with Crippen LogP contribution in [0, 0.1) is 11.3 Å². The van der Waals surface area contributed by atoms with Crippen LogP contribution >= 0.6 is 11.3 Å². The van der Waals surface area contributed by atoms with Gasteiger partial charge in [0.2, 0.25) is 5.88 Å². The minimum absolute atomic E-state index is 0.0604. The number of nitrogen functional groups attached to an aromatic ring is 1. The molecule has 48 heavy (non-hydrogen) atoms. The number of ether oxygens (including phenoxy) is 1. The number of aliphatic hydroxyl groups is 1. The van der Waals surface area contributed by atoms with Crippen molar-refractivity contribution in [2.45, 2.75) is 114 Å². The average Bonchev–Trinajstić information content (AvgIpc) is 3.86. The molecule has 7 heterocycles. The van der Waals surface area contributed by atoms with E-state index in [2.05, 4.69) is 34.4 Å². The van der Waals surface area contributed by atoms with Crippen molar-refractivity contribution in [3.63, 3.8) is 0 Å². The molecule has 0 saturated carbocycles. The molecule has 0 unspecified atom stereocenters. The van der Waals surface area contributed by atoms with Gasteiger partial charge in [-0.05, 0) is 96.7 Å². The van der Waals surface area contributed by atoms with Crippen molar-refractivity contribution < 1.29 is 14.4 Å². The maximum Gasteiger partial charge on any atom is 0.246 e. The van der Waals surface area contributed by atoms with Crippen molar-refractivity contribution in [1.29, 1.82) is 5.26 Å². The van der Waals surface area contributed by atoms with E-state index in [4.69, 9.17) is 35.2 Å². The highest BCUT2D eigenvalue weighted by Gasteiger charge is 2.49. The van der Waals surface area contributed by atoms with Crippen LogP contribution in [0.25, 0.3) is 22.6 Å². The van der Waals surface area contributed by atoms with Gasteiger partial charge in [0.1, 0.15) is 28.9 Å². The molecule has 0 amide bonds. The van der Waals surface area contributed by atoms with Crippen LogP contribution in [0.5, 0.6) is 5.88 Å². The van der Waals surface area contributed by atoms with Crippen molar-refractivity contribution in [1.82, 2.24) is 29.8 Å². The number of anilines is 2. The summed E-state index contributed by atoms with van der Waals surface area (Å²) < 4.78 is 14.9. The Morgan fingerprint density at radius 1 is 1.17 bits per heavy atom. The number of rotatable bonds is 4. The Kier molecular flexibility index (Phi) is 6.88. The molecular weight excluding hydrogens is 627 g/mol. The lowest BCUT2D eigenvalue weighted by Crippen LogP contribution is -2.53. The van der Waals surface area contributed by atoms with Gasteiger partial charge < -0.3 is 25.0 Å². The fraction of sp³-hybridized carbons (Fsp3) is 0.629. The summed E-state index contributed by atoms with van der Waals surface area (Å²) in [5.41, 5.74) is 9.17. The Morgan fingerprint density at radius 2 is 2.00 bits per heavy atom. The molecule has 3 N–H and O–H groups in total. The number of thiophene rings is 1. The van der Waals surface area contributed by atoms with Gasteiger partial charge in [-0.15, -0.1) is 16.4 Å². The zero-order valence-corrected chi connectivity index (χ0v) is 28.8. The topological polar surface area (TPSA) is 155 Å². The fourth-order valence-corrected chi connectivity index (χ4v) is 10.8. The number of hydrogen-bond acceptors (Lipinski definition) is 12. The van der Waals surface area contributed by atoms with E-state index in [1.54, 1.807) is 11.3 Å². The summed E-state index contributed by atoms with van der Waals surface area (Å²) in [6, 6.07) is 2.88. The molecule has 12 nitrogen and oxygen atoms in total. The summed E-state index contributed by atoms with van der Waals surface area (Å²) in [6.45, 7) is 9.35. The number of aryl methyl sites for hydroxylation is 1. The van der Waals surface area contributed by atoms with Crippen LogP contribution in [0.1, 0.15) is 106 Å². The lowest BCUT2D eigenvalue weighted by Gasteiger charge is -2.42. The summed E-state index contributed by atoms with van der Waals surface area (Å²) in [4.78, 5) is 16.5. The molecule has 3 aliphatic heterocycles. The average molecular weight is 670 g/mol. The number of nitrogens with two attached hydrogens (primary N) is 1. The van der Waals surface area contributed by atoms with Crippen LogP contribution in [0.15, 0.2) is 4.52 Å². The standard InChI is InChI=1S/C35H43N9O3S/c1-4-42-15-7-9-23(42)19(2)44-32-25-31(43-18-34(3,45)14-11-20(43)17-46-33(25)40-44)38-30(39-32)27-21-8-5-12-35(28(21)47-41-27)13-6-10-24-26(35)22(16-36)29(37)48-24/h19-20,23,45H,4-15,17-18,37H2,1-3H3/t19-,20+,23-,34+,35-/m0/s1. The van der Waals surface area contributed by atoms with Crippen molar-refractivity contribution in [3.05, 3.63) is 27.3 Å². The lowest BCUT2D eigenvalue weighted by atomic mass is 9.63. The first-order chi connectivity index (χ1) is 23.2. The molecule has 2 aliphatic carbocycles. The minimum atomic E-state index is -0.855. The van der Waals surface area contributed by atoms with Gasteiger partial charge in [0.05, 0.1) is 28.7 Å². The van der Waals surface area contributed by atoms with E-state index in [9.17, 15) is 10.4 Å². The molecule has 5 aliphatic rings. The monoisotopic (exact) mass is 669 g/mol. The van der Waals surface area contributed by atoms with E-state index >= 15 is 0 Å². The molecule has 1 spiro atoms. The first kappa shape index (κ1) is 30.3. The first-order valence-corrected chi connectivity index (χ1v) is 18.5. The molecule has 0 radical (unpaired) electrons. The van der Waals surface area contributed by atoms with Crippen LogP contribution in [0.2, 0.25) is 0 Å². The SMILES string of the molecule is CCN1CCC[C@H]1[C@H](C)n1nc2c3c(nc(-c4noc5c4CCC[C@@]54CCCc5sc(N)c(C#N)c54)nc31)N1C[C@](C)(O)CC[C@@H]1CO2. The Bertz CT molecular complexity index is 1970. The van der Waals surface area contributed by atoms with Gasteiger partial charge in [0.25, 0.3) is 0 Å². The van der Waals surface area contributed by atoms with E-state index in [1.807, 2.05) is 6.92 Å². The largest absolute Gasteiger partial charge is 0.474 e. The smallest absolute Gasteiger partial charge is 0.246 e. The molecule has 2 saturated heterocycles. The Hall–Kier alpha value is -3.73. The van der Waals surface area contributed by atoms with E-state index < -0.39 is 11.0 Å². The number of hydrogen-bond donors (Lipinski definition) is 2. The lowest BCUT2D eigenvalue weighted by molar-refractivity contribution is 0.0321. The van der Waals surface area contributed by atoms with Crippen LogP contribution in [0.3, 0.4) is 0 Å². The number of likely N-dealkylation sites (tertiary alicyclic amines) is 1. The Labute approximate surface area is 283 Å². The van der Waals surface area contributed by atoms with Gasteiger partial charge in [-0.1, -0.05) is 12.1 Å². The van der Waals surface area contributed by atoms with Gasteiger partial charge in [0.15, 0.2) is 22.9 Å². The van der Waals surface area contributed by atoms with Crippen molar-refractivity contribution in [2.24, 2.45) is 0 Å². The number of piperidine rings is 1. The first-order valence-electron chi connectivity index (χ1n) is 17.7. The minimum Gasteiger partial charge on any atom is -0.474 e. The maximum absolute atomic E-state index is 11.3. The summed E-state index contributed by atoms with van der Waals surface area (Å²) in [6.07, 6.45) is 9.20. The van der Waals surface area contributed by atoms with Crippen LogP contribution < -0.4 is 15.4 Å². The van der Waals surface area contributed by atoms with Gasteiger partial charge in [-0.2, -0.15) is 5.26 Å². The molecular formula is C35H43N9O3S. The normalized spacial score (nSPS) is 28.9. The quantitative estimate of drug-likeness (QED) is 0.298. The summed E-state index contributed by atoms with van der Waals surface area (Å²) in [5, 5.41) is 32.7. The molecule has 2 fully saturated rings. The molecule has 252 valence electrons.